The number of furan rings is 1. The third-order valence-electron chi connectivity index (χ3n) is 13.1. The van der Waals surface area contributed by atoms with Crippen molar-refractivity contribution in [2.24, 2.45) is 33.5 Å². The Hall–Kier alpha value is -3.69. The average Bonchev–Trinajstić information content (AvgIpc) is 3.78. The number of ether oxygens (including phenoxy) is 4. The first kappa shape index (κ1) is 32.8. The largest absolute Gasteiger partial charge is 0.472 e. The molecular weight excluding hydrogens is 612 g/mol. The van der Waals surface area contributed by atoms with Crippen LogP contribution in [-0.2, 0) is 33.3 Å². The minimum atomic E-state index is -0.917. The van der Waals surface area contributed by atoms with Crippen molar-refractivity contribution in [2.45, 2.75) is 97.2 Å². The van der Waals surface area contributed by atoms with Crippen molar-refractivity contribution in [1.29, 1.82) is 0 Å². The molecular formula is C39H46O9. The van der Waals surface area contributed by atoms with Crippen LogP contribution in [0.15, 0.2) is 71.1 Å². The number of hydrogen-bond acceptors (Lipinski definition) is 9. The molecule has 2 heterocycles. The molecule has 12 atom stereocenters. The van der Waals surface area contributed by atoms with Gasteiger partial charge in [0.15, 0.2) is 0 Å². The van der Waals surface area contributed by atoms with Crippen LogP contribution in [0.4, 0.5) is 0 Å². The van der Waals surface area contributed by atoms with E-state index < -0.39 is 64.1 Å². The molecule has 4 fully saturated rings. The molecule has 48 heavy (non-hydrogen) atoms. The second kappa shape index (κ2) is 11.4. The fraction of sp³-hybridized carbons (Fsp3) is 0.564. The lowest BCUT2D eigenvalue weighted by atomic mass is 9.36. The highest BCUT2D eigenvalue weighted by Crippen LogP contribution is 2.75. The molecule has 5 aliphatic rings. The molecule has 4 aliphatic carbocycles. The second-order valence-corrected chi connectivity index (χ2v) is 15.5. The molecule has 0 spiro atoms. The third kappa shape index (κ3) is 4.60. The summed E-state index contributed by atoms with van der Waals surface area (Å²) in [6.07, 6.45) is 6.86. The van der Waals surface area contributed by atoms with Crippen molar-refractivity contribution < 1.29 is 42.9 Å². The zero-order valence-electron chi connectivity index (χ0n) is 28.5. The molecule has 2 aromatic rings. The lowest BCUT2D eigenvalue weighted by Crippen LogP contribution is -2.74. The van der Waals surface area contributed by atoms with Gasteiger partial charge in [-0.2, -0.15) is 0 Å². The molecule has 256 valence electrons. The van der Waals surface area contributed by atoms with E-state index >= 15 is 0 Å². The Balaban J connectivity index is 1.35. The molecule has 1 aromatic heterocycles. The van der Waals surface area contributed by atoms with Crippen molar-refractivity contribution >= 4 is 24.0 Å². The second-order valence-electron chi connectivity index (χ2n) is 15.5. The maximum absolute atomic E-state index is 13.6. The highest BCUT2D eigenvalue weighted by molar-refractivity contribution is 5.87. The van der Waals surface area contributed by atoms with Crippen LogP contribution in [0, 0.1) is 33.5 Å². The summed E-state index contributed by atoms with van der Waals surface area (Å²) in [6.45, 7) is 11.6. The van der Waals surface area contributed by atoms with E-state index in [0.717, 1.165) is 16.7 Å². The Morgan fingerprint density at radius 1 is 0.896 bits per heavy atom. The molecule has 9 nitrogen and oxygen atoms in total. The van der Waals surface area contributed by atoms with Gasteiger partial charge in [-0.25, -0.2) is 4.79 Å². The summed E-state index contributed by atoms with van der Waals surface area (Å²) in [5.41, 5.74) is 0.0482. The van der Waals surface area contributed by atoms with E-state index in [-0.39, 0.29) is 36.8 Å². The molecule has 0 radical (unpaired) electrons. The molecule has 1 saturated heterocycles. The molecule has 12 unspecified atom stereocenters. The summed E-state index contributed by atoms with van der Waals surface area (Å²) >= 11 is 0. The van der Waals surface area contributed by atoms with Gasteiger partial charge in [-0.1, -0.05) is 69.7 Å². The Morgan fingerprint density at radius 3 is 2.27 bits per heavy atom. The first-order valence-corrected chi connectivity index (χ1v) is 17.1. The molecule has 1 aliphatic heterocycles. The Labute approximate surface area is 281 Å². The van der Waals surface area contributed by atoms with Crippen molar-refractivity contribution in [2.75, 3.05) is 6.61 Å². The molecule has 3 saturated carbocycles. The maximum Gasteiger partial charge on any atom is 0.331 e. The van der Waals surface area contributed by atoms with Gasteiger partial charge in [0.2, 0.25) is 0 Å². The number of hydrogen-bond donors (Lipinski definition) is 1. The number of fused-ring (bicyclic) bond motifs is 4. The zero-order valence-corrected chi connectivity index (χ0v) is 28.5. The molecule has 0 bridgehead atoms. The van der Waals surface area contributed by atoms with Crippen molar-refractivity contribution in [3.8, 4) is 0 Å². The van der Waals surface area contributed by atoms with E-state index in [1.807, 2.05) is 36.4 Å². The van der Waals surface area contributed by atoms with Crippen molar-refractivity contribution in [1.82, 2.24) is 0 Å². The summed E-state index contributed by atoms with van der Waals surface area (Å²) in [4.78, 5) is 38.8. The van der Waals surface area contributed by atoms with Crippen LogP contribution in [0.25, 0.3) is 6.08 Å². The Bertz CT molecular complexity index is 1650. The zero-order chi connectivity index (χ0) is 34.2. The van der Waals surface area contributed by atoms with Crippen LogP contribution in [0.3, 0.4) is 0 Å². The summed E-state index contributed by atoms with van der Waals surface area (Å²) in [7, 11) is 0. The SMILES string of the molecule is CC(=O)OC1CC(OC(=O)C=Cc2ccccc2)C2(C)C3C(OCC13C)C(O)C1(C)C3=CCC(c4ccoc4)C3(C)C(OC(C)=O)CC12. The van der Waals surface area contributed by atoms with Crippen molar-refractivity contribution in [3.05, 3.63) is 77.8 Å². The molecule has 1 aromatic carbocycles. The van der Waals surface area contributed by atoms with Crippen LogP contribution < -0.4 is 0 Å². The summed E-state index contributed by atoms with van der Waals surface area (Å²) in [5.74, 6) is -1.95. The van der Waals surface area contributed by atoms with Gasteiger partial charge in [0.05, 0.1) is 31.3 Å². The van der Waals surface area contributed by atoms with Crippen LogP contribution >= 0.6 is 0 Å². The smallest absolute Gasteiger partial charge is 0.331 e. The Kier molecular flexibility index (Phi) is 7.83. The number of benzene rings is 1. The van der Waals surface area contributed by atoms with E-state index in [0.29, 0.717) is 12.8 Å². The highest BCUT2D eigenvalue weighted by atomic mass is 16.6. The van der Waals surface area contributed by atoms with Gasteiger partial charge in [-0.05, 0) is 42.0 Å². The van der Waals surface area contributed by atoms with E-state index in [4.69, 9.17) is 23.4 Å². The van der Waals surface area contributed by atoms with Gasteiger partial charge in [-0.15, -0.1) is 0 Å². The van der Waals surface area contributed by atoms with Gasteiger partial charge in [0.1, 0.15) is 18.3 Å². The van der Waals surface area contributed by atoms with E-state index in [1.54, 1.807) is 18.6 Å². The fourth-order valence-electron chi connectivity index (χ4n) is 11.2. The standard InChI is InChI=1S/C39H46O9/c1-22(40)46-29-19-31(48-32(42)15-12-24-10-8-7-9-11-24)39(6)28-18-30(47-23(2)41)37(4)26(25-16-17-44-20-25)13-14-27(37)38(28,5)35(43)33-34(39)36(29,3)21-45-33/h7-12,14-17,20,26,28-31,33-35,43H,13,18-19,21H2,1-6H3. The summed E-state index contributed by atoms with van der Waals surface area (Å²) in [5, 5.41) is 12.6. The lowest BCUT2D eigenvalue weighted by Gasteiger charge is -2.70. The van der Waals surface area contributed by atoms with Gasteiger partial charge < -0.3 is 28.5 Å². The number of esters is 3. The fourth-order valence-corrected chi connectivity index (χ4v) is 11.2. The number of rotatable bonds is 6. The number of carbonyl (C=O) groups excluding carboxylic acids is 3. The van der Waals surface area contributed by atoms with Gasteiger partial charge in [-0.3, -0.25) is 9.59 Å². The molecule has 7 rings (SSSR count). The minimum absolute atomic E-state index is 0.0303. The van der Waals surface area contributed by atoms with Crippen molar-refractivity contribution in [3.63, 3.8) is 0 Å². The minimum Gasteiger partial charge on any atom is -0.472 e. The number of aliphatic hydroxyl groups is 1. The summed E-state index contributed by atoms with van der Waals surface area (Å²) < 4.78 is 30.7. The summed E-state index contributed by atoms with van der Waals surface area (Å²) in [6, 6.07) is 11.5. The number of allylic oxidation sites excluding steroid dienone is 1. The predicted molar refractivity (Wildman–Crippen MR) is 175 cm³/mol. The topological polar surface area (TPSA) is 122 Å². The normalized spacial score (nSPS) is 42.7. The van der Waals surface area contributed by atoms with Crippen LogP contribution in [0.2, 0.25) is 0 Å². The van der Waals surface area contributed by atoms with Gasteiger partial charge in [0, 0.05) is 59.8 Å². The number of aliphatic hydroxyl groups excluding tert-OH is 1. The van der Waals surface area contributed by atoms with E-state index in [2.05, 4.69) is 33.8 Å². The van der Waals surface area contributed by atoms with Crippen LogP contribution in [-0.4, -0.2) is 60.1 Å². The maximum atomic E-state index is 13.6. The monoisotopic (exact) mass is 658 g/mol. The average molecular weight is 659 g/mol. The molecule has 9 heteroatoms. The van der Waals surface area contributed by atoms with Crippen LogP contribution in [0.5, 0.6) is 0 Å². The van der Waals surface area contributed by atoms with Gasteiger partial charge >= 0.3 is 17.9 Å². The van der Waals surface area contributed by atoms with Crippen LogP contribution in [0.1, 0.15) is 77.8 Å². The highest BCUT2D eigenvalue weighted by Gasteiger charge is 2.78. The number of carbonyl (C=O) groups is 3. The Morgan fingerprint density at radius 2 is 1.60 bits per heavy atom. The van der Waals surface area contributed by atoms with E-state index in [1.165, 1.54) is 19.9 Å². The first-order valence-electron chi connectivity index (χ1n) is 17.1. The molecule has 0 amide bonds. The van der Waals surface area contributed by atoms with Gasteiger partial charge in [0.25, 0.3) is 0 Å². The molecule has 1 N–H and O–H groups in total. The lowest BCUT2D eigenvalue weighted by molar-refractivity contribution is -0.270. The van der Waals surface area contributed by atoms with E-state index in [9.17, 15) is 19.5 Å². The third-order valence-corrected chi connectivity index (χ3v) is 13.1. The quantitative estimate of drug-likeness (QED) is 0.172. The first-order chi connectivity index (χ1) is 22.7. The predicted octanol–water partition coefficient (Wildman–Crippen LogP) is 6.02.